The summed E-state index contributed by atoms with van der Waals surface area (Å²) in [6.07, 6.45) is -8.56. The number of anilines is 1. The first kappa shape index (κ1) is 39.3. The number of aromatic carboxylic acids is 1. The van der Waals surface area contributed by atoms with E-state index in [1.165, 1.54) is 13.8 Å². The molecule has 1 aromatic heterocycles. The highest BCUT2D eigenvalue weighted by Crippen LogP contribution is 2.33. The van der Waals surface area contributed by atoms with Crippen LogP contribution < -0.4 is 10.9 Å². The standard InChI is InChI=1S/C13H14F3NO3.C13H12F3NO2.C4H6O3/c1-7(2)5-11(18)17-10-6-8(13(14,15)16)3-4-9(10)12(19)20;1-7(2)5-11-17-10-6-8(13(14,15)16)3-4-9(10)12(18)19-11;1-3(5)7-4(2)6/h3-4,6-7H,5H2,1-2H3,(H,17,18)(H,19,20);3-4,6-7H,5H2,1-2H3;1-2H3. The Hall–Kier alpha value is -4.76. The maximum atomic E-state index is 12.6. The fourth-order valence-electron chi connectivity index (χ4n) is 3.51. The van der Waals surface area contributed by atoms with Crippen LogP contribution in [0.15, 0.2) is 45.6 Å². The van der Waals surface area contributed by atoms with Crippen LogP contribution >= 0.6 is 0 Å². The molecule has 46 heavy (non-hydrogen) atoms. The Morgan fingerprint density at radius 3 is 1.83 bits per heavy atom. The van der Waals surface area contributed by atoms with Crippen molar-refractivity contribution in [3.8, 4) is 0 Å². The maximum Gasteiger partial charge on any atom is 0.416 e. The number of hydrogen-bond donors (Lipinski definition) is 2. The summed E-state index contributed by atoms with van der Waals surface area (Å²) in [5.74, 6) is -2.69. The van der Waals surface area contributed by atoms with Crippen molar-refractivity contribution >= 4 is 40.4 Å². The lowest BCUT2D eigenvalue weighted by molar-refractivity contribution is -0.156. The first-order valence-electron chi connectivity index (χ1n) is 13.5. The number of esters is 2. The molecule has 2 aromatic carbocycles. The molecule has 0 aliphatic heterocycles. The van der Waals surface area contributed by atoms with Crippen molar-refractivity contribution < 1.29 is 59.8 Å². The quantitative estimate of drug-likeness (QED) is 0.163. The number of alkyl halides is 6. The first-order chi connectivity index (χ1) is 21.0. The number of fused-ring (bicyclic) bond motifs is 1. The molecule has 252 valence electrons. The summed E-state index contributed by atoms with van der Waals surface area (Å²) in [5, 5.41) is 11.2. The molecule has 0 spiro atoms. The Morgan fingerprint density at radius 1 is 0.870 bits per heavy atom. The van der Waals surface area contributed by atoms with Crippen LogP contribution in [0.5, 0.6) is 0 Å². The number of halogens is 6. The van der Waals surface area contributed by atoms with Crippen molar-refractivity contribution in [1.29, 1.82) is 0 Å². The van der Waals surface area contributed by atoms with E-state index in [0.29, 0.717) is 18.6 Å². The van der Waals surface area contributed by atoms with Crippen molar-refractivity contribution in [1.82, 2.24) is 4.98 Å². The van der Waals surface area contributed by atoms with Crippen LogP contribution in [0.25, 0.3) is 10.9 Å². The van der Waals surface area contributed by atoms with Crippen molar-refractivity contribution in [3.05, 3.63) is 69.4 Å². The fourth-order valence-corrected chi connectivity index (χ4v) is 3.51. The molecule has 0 aliphatic rings. The number of rotatable bonds is 6. The molecule has 0 saturated heterocycles. The monoisotopic (exact) mass is 662 g/mol. The van der Waals surface area contributed by atoms with Crippen LogP contribution in [0.1, 0.15) is 75.3 Å². The second-order valence-corrected chi connectivity index (χ2v) is 10.5. The molecular weight excluding hydrogens is 630 g/mol. The molecule has 0 bridgehead atoms. The number of amides is 1. The third-order valence-electron chi connectivity index (χ3n) is 5.32. The van der Waals surface area contributed by atoms with E-state index in [2.05, 4.69) is 15.0 Å². The second-order valence-electron chi connectivity index (χ2n) is 10.5. The zero-order chi connectivity index (χ0) is 35.6. The van der Waals surface area contributed by atoms with Gasteiger partial charge in [-0.15, -0.1) is 0 Å². The predicted octanol–water partition coefficient (Wildman–Crippen LogP) is 6.89. The molecule has 3 aromatic rings. The van der Waals surface area contributed by atoms with Gasteiger partial charge in [0.2, 0.25) is 5.91 Å². The minimum atomic E-state index is -4.60. The molecule has 0 radical (unpaired) electrons. The van der Waals surface area contributed by atoms with Crippen LogP contribution in [0.2, 0.25) is 0 Å². The van der Waals surface area contributed by atoms with Crippen molar-refractivity contribution in [2.24, 2.45) is 11.8 Å². The molecule has 0 saturated carbocycles. The summed E-state index contributed by atoms with van der Waals surface area (Å²) >= 11 is 0. The molecule has 0 atom stereocenters. The summed E-state index contributed by atoms with van der Waals surface area (Å²) in [7, 11) is 0. The number of aromatic nitrogens is 1. The average Bonchev–Trinajstić information content (AvgIpc) is 2.86. The van der Waals surface area contributed by atoms with Crippen LogP contribution in [-0.4, -0.2) is 33.9 Å². The number of carbonyl (C=O) groups excluding carboxylic acids is 3. The SMILES string of the molecule is CC(=O)OC(C)=O.CC(C)CC(=O)Nc1cc(C(F)(F)F)ccc1C(=O)O.CC(C)Cc1nc2cc(C(F)(F)F)ccc2c(=O)o1. The summed E-state index contributed by atoms with van der Waals surface area (Å²) in [6.45, 7) is 9.70. The van der Waals surface area contributed by atoms with E-state index >= 15 is 0 Å². The van der Waals surface area contributed by atoms with Crippen LogP contribution in [0.4, 0.5) is 32.0 Å². The third-order valence-corrected chi connectivity index (χ3v) is 5.32. The Labute approximate surface area is 258 Å². The first-order valence-corrected chi connectivity index (χ1v) is 13.5. The summed E-state index contributed by atoms with van der Waals surface area (Å²) < 4.78 is 84.5. The molecule has 0 fully saturated rings. The number of benzene rings is 2. The number of carboxylic acid groups (broad SMARTS) is 1. The lowest BCUT2D eigenvalue weighted by atomic mass is 10.1. The molecule has 0 unspecified atom stereocenters. The van der Waals surface area contributed by atoms with Gasteiger partial charge in [0.1, 0.15) is 0 Å². The Kier molecular flexibility index (Phi) is 14.1. The van der Waals surface area contributed by atoms with Gasteiger partial charge in [-0.1, -0.05) is 27.7 Å². The molecular formula is C30H32F6N2O8. The summed E-state index contributed by atoms with van der Waals surface area (Å²) in [5.41, 5.74) is -3.21. The minimum Gasteiger partial charge on any atom is -0.478 e. The van der Waals surface area contributed by atoms with Crippen LogP contribution in [-0.2, 0) is 37.9 Å². The smallest absolute Gasteiger partial charge is 0.416 e. The van der Waals surface area contributed by atoms with E-state index in [9.17, 15) is 50.3 Å². The molecule has 16 heteroatoms. The van der Waals surface area contributed by atoms with Gasteiger partial charge >= 0.3 is 35.9 Å². The van der Waals surface area contributed by atoms with Gasteiger partial charge in [0.25, 0.3) is 0 Å². The Balaban J connectivity index is 0.000000383. The molecule has 0 aliphatic carbocycles. The van der Waals surface area contributed by atoms with Gasteiger partial charge in [-0.25, -0.2) is 14.6 Å². The van der Waals surface area contributed by atoms with E-state index in [1.54, 1.807) is 13.8 Å². The number of carboxylic acids is 1. The fraction of sp³-hybridized carbons (Fsp3) is 0.400. The molecule has 1 heterocycles. The topological polar surface area (TPSA) is 153 Å². The summed E-state index contributed by atoms with van der Waals surface area (Å²) in [4.78, 5) is 57.8. The van der Waals surface area contributed by atoms with Gasteiger partial charge in [-0.2, -0.15) is 26.3 Å². The number of hydrogen-bond acceptors (Lipinski definition) is 8. The zero-order valence-electron chi connectivity index (χ0n) is 25.6. The lowest BCUT2D eigenvalue weighted by Crippen LogP contribution is -2.17. The Bertz CT molecular complexity index is 1600. The normalized spacial score (nSPS) is 11.3. The highest BCUT2D eigenvalue weighted by atomic mass is 19.4. The van der Waals surface area contributed by atoms with E-state index in [0.717, 1.165) is 24.3 Å². The number of nitrogens with one attached hydrogen (secondary N) is 1. The lowest BCUT2D eigenvalue weighted by Gasteiger charge is -2.13. The predicted molar refractivity (Wildman–Crippen MR) is 153 cm³/mol. The Morgan fingerprint density at radius 2 is 1.39 bits per heavy atom. The maximum absolute atomic E-state index is 12.6. The number of ether oxygens (including phenoxy) is 1. The minimum absolute atomic E-state index is 0.00840. The number of nitrogens with zero attached hydrogens (tertiary/aromatic N) is 1. The van der Waals surface area contributed by atoms with E-state index in [4.69, 9.17) is 9.52 Å². The largest absolute Gasteiger partial charge is 0.478 e. The highest BCUT2D eigenvalue weighted by molar-refractivity contribution is 6.00. The average molecular weight is 663 g/mol. The third kappa shape index (κ3) is 13.5. The molecule has 2 N–H and O–H groups in total. The van der Waals surface area contributed by atoms with E-state index in [-0.39, 0.29) is 46.3 Å². The second kappa shape index (κ2) is 16.5. The highest BCUT2D eigenvalue weighted by Gasteiger charge is 2.32. The van der Waals surface area contributed by atoms with Crippen LogP contribution in [0, 0.1) is 11.8 Å². The van der Waals surface area contributed by atoms with Crippen molar-refractivity contribution in [2.45, 2.75) is 66.7 Å². The molecule has 1 amide bonds. The van der Waals surface area contributed by atoms with Gasteiger partial charge < -0.3 is 19.6 Å². The van der Waals surface area contributed by atoms with Gasteiger partial charge in [0.05, 0.1) is 33.3 Å². The van der Waals surface area contributed by atoms with Crippen molar-refractivity contribution in [2.75, 3.05) is 5.32 Å². The van der Waals surface area contributed by atoms with Crippen molar-refractivity contribution in [3.63, 3.8) is 0 Å². The van der Waals surface area contributed by atoms with Crippen LogP contribution in [0.3, 0.4) is 0 Å². The van der Waals surface area contributed by atoms with Gasteiger partial charge in [0, 0.05) is 26.7 Å². The van der Waals surface area contributed by atoms with E-state index < -0.39 is 52.9 Å². The molecule has 3 rings (SSSR count). The van der Waals surface area contributed by atoms with Gasteiger partial charge in [0.15, 0.2) is 5.89 Å². The summed E-state index contributed by atoms with van der Waals surface area (Å²) in [6, 6.07) is 4.94. The zero-order valence-corrected chi connectivity index (χ0v) is 25.6. The molecule has 10 nitrogen and oxygen atoms in total. The number of carbonyl (C=O) groups is 4. The van der Waals surface area contributed by atoms with E-state index in [1.807, 2.05) is 13.8 Å². The van der Waals surface area contributed by atoms with Gasteiger partial charge in [-0.05, 0) is 48.2 Å². The van der Waals surface area contributed by atoms with Gasteiger partial charge in [-0.3, -0.25) is 14.4 Å².